The van der Waals surface area contributed by atoms with Crippen molar-refractivity contribution in [1.29, 1.82) is 5.26 Å². The van der Waals surface area contributed by atoms with E-state index in [1.54, 1.807) is 19.9 Å². The van der Waals surface area contributed by atoms with Crippen molar-refractivity contribution in [3.63, 3.8) is 0 Å². The lowest BCUT2D eigenvalue weighted by Gasteiger charge is -2.09. The molecule has 0 aliphatic carbocycles. The van der Waals surface area contributed by atoms with Gasteiger partial charge in [-0.3, -0.25) is 4.79 Å². The van der Waals surface area contributed by atoms with Gasteiger partial charge in [0, 0.05) is 11.8 Å². The predicted molar refractivity (Wildman–Crippen MR) is 58.3 cm³/mol. The fourth-order valence-electron chi connectivity index (χ4n) is 1.24. The van der Waals surface area contributed by atoms with Gasteiger partial charge >= 0.3 is 5.97 Å². The van der Waals surface area contributed by atoms with Crippen LogP contribution in [-0.4, -0.2) is 29.7 Å². The van der Waals surface area contributed by atoms with Gasteiger partial charge in [-0.25, -0.2) is 4.98 Å². The molecule has 0 spiro atoms. The van der Waals surface area contributed by atoms with E-state index >= 15 is 0 Å². The van der Waals surface area contributed by atoms with E-state index in [1.165, 1.54) is 7.11 Å². The summed E-state index contributed by atoms with van der Waals surface area (Å²) in [4.78, 5) is 19.5. The van der Waals surface area contributed by atoms with Crippen LogP contribution in [0.4, 0.5) is 0 Å². The molecular formula is C11H13N3O3. The van der Waals surface area contributed by atoms with Crippen LogP contribution in [0.3, 0.4) is 0 Å². The first-order valence-corrected chi connectivity index (χ1v) is 5.08. The van der Waals surface area contributed by atoms with E-state index in [1.807, 2.05) is 6.07 Å². The highest BCUT2D eigenvalue weighted by Crippen LogP contribution is 2.16. The molecule has 6 heteroatoms. The molecule has 0 amide bonds. The average molecular weight is 235 g/mol. The second kappa shape index (κ2) is 5.80. The normalized spacial score (nSPS) is 11.4. The van der Waals surface area contributed by atoms with E-state index < -0.39 is 11.9 Å². The smallest absolute Gasteiger partial charge is 0.331 e. The van der Waals surface area contributed by atoms with Crippen molar-refractivity contribution in [3.8, 4) is 11.9 Å². The van der Waals surface area contributed by atoms with Gasteiger partial charge < -0.3 is 9.47 Å². The lowest BCUT2D eigenvalue weighted by atomic mass is 10.1. The molecule has 0 saturated heterocycles. The summed E-state index contributed by atoms with van der Waals surface area (Å²) in [6, 6.07) is 3.44. The third kappa shape index (κ3) is 3.14. The Morgan fingerprint density at radius 2 is 2.29 bits per heavy atom. The minimum absolute atomic E-state index is 0.0998. The molecule has 0 saturated carbocycles. The molecule has 1 atom stereocenters. The second-order valence-corrected chi connectivity index (χ2v) is 3.22. The molecule has 0 aliphatic rings. The van der Waals surface area contributed by atoms with Crippen LogP contribution in [0.2, 0.25) is 0 Å². The zero-order chi connectivity index (χ0) is 12.8. The lowest BCUT2D eigenvalue weighted by molar-refractivity contribution is -0.143. The number of esters is 1. The highest BCUT2D eigenvalue weighted by atomic mass is 16.5. The maximum absolute atomic E-state index is 11.5. The zero-order valence-electron chi connectivity index (χ0n) is 9.93. The van der Waals surface area contributed by atoms with Crippen LogP contribution in [0.15, 0.2) is 6.07 Å². The first-order valence-electron chi connectivity index (χ1n) is 5.08. The Kier molecular flexibility index (Phi) is 4.40. The molecule has 90 valence electrons. The van der Waals surface area contributed by atoms with Crippen molar-refractivity contribution in [1.82, 2.24) is 9.97 Å². The number of carbonyl (C=O) groups is 1. The summed E-state index contributed by atoms with van der Waals surface area (Å²) in [5.74, 6) is -1.36. The Bertz CT molecular complexity index is 454. The quantitative estimate of drug-likeness (QED) is 0.723. The molecule has 0 aromatic carbocycles. The Labute approximate surface area is 99.2 Å². The molecule has 0 aliphatic heterocycles. The number of hydrogen-bond donors (Lipinski definition) is 0. The van der Waals surface area contributed by atoms with Gasteiger partial charge in [0.05, 0.1) is 19.8 Å². The van der Waals surface area contributed by atoms with E-state index in [4.69, 9.17) is 14.7 Å². The van der Waals surface area contributed by atoms with Gasteiger partial charge in [-0.05, 0) is 13.8 Å². The predicted octanol–water partition coefficient (Wildman–Crippen LogP) is 0.964. The van der Waals surface area contributed by atoms with Gasteiger partial charge in [-0.1, -0.05) is 0 Å². The zero-order valence-corrected chi connectivity index (χ0v) is 9.93. The fourth-order valence-corrected chi connectivity index (χ4v) is 1.24. The average Bonchev–Trinajstić information content (AvgIpc) is 2.29. The lowest BCUT2D eigenvalue weighted by Crippen LogP contribution is -2.17. The summed E-state index contributed by atoms with van der Waals surface area (Å²) < 4.78 is 9.74. The van der Waals surface area contributed by atoms with E-state index in [0.29, 0.717) is 11.6 Å². The summed E-state index contributed by atoms with van der Waals surface area (Å²) in [5, 5.41) is 8.96. The number of rotatable bonds is 4. The largest absolute Gasteiger partial charge is 0.481 e. The molecule has 1 rings (SSSR count). The van der Waals surface area contributed by atoms with E-state index in [2.05, 4.69) is 9.97 Å². The highest BCUT2D eigenvalue weighted by molar-refractivity contribution is 5.80. The molecule has 1 aromatic rings. The molecule has 1 aromatic heterocycles. The number of nitriles is 1. The molecule has 1 unspecified atom stereocenters. The molecule has 6 nitrogen and oxygen atoms in total. The topological polar surface area (TPSA) is 85.1 Å². The number of aromatic nitrogens is 2. The molecule has 1 heterocycles. The standard InChI is InChI=1S/C11H13N3O3/c1-4-17-11(15)8(6-12)10-13-7(2)5-9(14-10)16-3/h5,8H,4H2,1-3H3. The summed E-state index contributed by atoms with van der Waals surface area (Å²) in [5.41, 5.74) is 0.622. The summed E-state index contributed by atoms with van der Waals surface area (Å²) in [6.45, 7) is 3.61. The summed E-state index contributed by atoms with van der Waals surface area (Å²) in [6.07, 6.45) is 0. The first-order chi connectivity index (χ1) is 8.12. The van der Waals surface area contributed by atoms with Crippen molar-refractivity contribution >= 4 is 5.97 Å². The van der Waals surface area contributed by atoms with Crippen LogP contribution < -0.4 is 4.74 Å². The molecule has 0 fully saturated rings. The third-order valence-electron chi connectivity index (χ3n) is 1.97. The van der Waals surface area contributed by atoms with Crippen LogP contribution in [0.1, 0.15) is 24.4 Å². The second-order valence-electron chi connectivity index (χ2n) is 3.22. The van der Waals surface area contributed by atoms with E-state index in [-0.39, 0.29) is 12.4 Å². The number of hydrogen-bond acceptors (Lipinski definition) is 6. The number of nitrogens with zero attached hydrogens (tertiary/aromatic N) is 3. The Morgan fingerprint density at radius 3 is 2.82 bits per heavy atom. The monoisotopic (exact) mass is 235 g/mol. The van der Waals surface area contributed by atoms with Crippen LogP contribution >= 0.6 is 0 Å². The minimum Gasteiger partial charge on any atom is -0.481 e. The van der Waals surface area contributed by atoms with Crippen molar-refractivity contribution in [2.24, 2.45) is 0 Å². The van der Waals surface area contributed by atoms with Crippen LogP contribution in [0.25, 0.3) is 0 Å². The van der Waals surface area contributed by atoms with Gasteiger partial charge in [0.25, 0.3) is 0 Å². The maximum Gasteiger partial charge on any atom is 0.331 e. The highest BCUT2D eigenvalue weighted by Gasteiger charge is 2.25. The van der Waals surface area contributed by atoms with Crippen LogP contribution in [-0.2, 0) is 9.53 Å². The third-order valence-corrected chi connectivity index (χ3v) is 1.97. The van der Waals surface area contributed by atoms with Gasteiger partial charge in [0.1, 0.15) is 0 Å². The van der Waals surface area contributed by atoms with Gasteiger partial charge in [-0.2, -0.15) is 10.2 Å². The molecule has 0 radical (unpaired) electrons. The van der Waals surface area contributed by atoms with Gasteiger partial charge in [-0.15, -0.1) is 0 Å². The minimum atomic E-state index is -1.12. The molecule has 0 bridgehead atoms. The maximum atomic E-state index is 11.5. The Hall–Kier alpha value is -2.16. The van der Waals surface area contributed by atoms with Crippen molar-refractivity contribution in [2.45, 2.75) is 19.8 Å². The summed E-state index contributed by atoms with van der Waals surface area (Å²) >= 11 is 0. The molecule has 17 heavy (non-hydrogen) atoms. The summed E-state index contributed by atoms with van der Waals surface area (Å²) in [7, 11) is 1.46. The van der Waals surface area contributed by atoms with E-state index in [9.17, 15) is 4.79 Å². The number of carbonyl (C=O) groups excluding carboxylic acids is 1. The number of aryl methyl sites for hydroxylation is 1. The van der Waals surface area contributed by atoms with Crippen LogP contribution in [0, 0.1) is 18.3 Å². The van der Waals surface area contributed by atoms with Gasteiger partial charge in [0.2, 0.25) is 11.8 Å². The van der Waals surface area contributed by atoms with Crippen molar-refractivity contribution < 1.29 is 14.3 Å². The van der Waals surface area contributed by atoms with Crippen molar-refractivity contribution in [3.05, 3.63) is 17.6 Å². The Balaban J connectivity index is 3.08. The SMILES string of the molecule is CCOC(=O)C(C#N)c1nc(C)cc(OC)n1. The number of methoxy groups -OCH3 is 1. The Morgan fingerprint density at radius 1 is 1.59 bits per heavy atom. The molecule has 0 N–H and O–H groups in total. The fraction of sp³-hybridized carbons (Fsp3) is 0.455. The van der Waals surface area contributed by atoms with Crippen molar-refractivity contribution in [2.75, 3.05) is 13.7 Å². The number of ether oxygens (including phenoxy) is 2. The van der Waals surface area contributed by atoms with E-state index in [0.717, 1.165) is 0 Å². The molecular weight excluding hydrogens is 222 g/mol. The van der Waals surface area contributed by atoms with Crippen LogP contribution in [0.5, 0.6) is 5.88 Å². The van der Waals surface area contributed by atoms with Gasteiger partial charge in [0.15, 0.2) is 5.82 Å². The first kappa shape index (κ1) is 12.9.